The van der Waals surface area contributed by atoms with Crippen molar-refractivity contribution in [2.24, 2.45) is 0 Å². The van der Waals surface area contributed by atoms with Crippen LogP contribution in [0.1, 0.15) is 41.8 Å². The summed E-state index contributed by atoms with van der Waals surface area (Å²) in [5, 5.41) is 7.30. The van der Waals surface area contributed by atoms with Crippen molar-refractivity contribution in [2.45, 2.75) is 25.8 Å². The van der Waals surface area contributed by atoms with Crippen molar-refractivity contribution in [3.8, 4) is 0 Å². The van der Waals surface area contributed by atoms with Gasteiger partial charge in [0.25, 0.3) is 11.8 Å². The zero-order chi connectivity index (χ0) is 22.5. The van der Waals surface area contributed by atoms with E-state index >= 15 is 0 Å². The Morgan fingerprint density at radius 1 is 1.03 bits per heavy atom. The van der Waals surface area contributed by atoms with Gasteiger partial charge in [-0.15, -0.1) is 0 Å². The molecule has 33 heavy (non-hydrogen) atoms. The van der Waals surface area contributed by atoms with Gasteiger partial charge in [0.05, 0.1) is 23.2 Å². The molecule has 1 aliphatic carbocycles. The summed E-state index contributed by atoms with van der Waals surface area (Å²) < 4.78 is 7.51. The number of hydrogen-bond acceptors (Lipinski definition) is 5. The number of aromatic nitrogens is 3. The van der Waals surface area contributed by atoms with Crippen molar-refractivity contribution in [1.82, 2.24) is 20.0 Å². The molecule has 0 radical (unpaired) electrons. The molecular weight excluding hydrogens is 416 g/mol. The molecule has 0 bridgehead atoms. The number of hydrogen-bond donors (Lipinski definition) is 1. The number of carbonyl (C=O) groups is 2. The van der Waals surface area contributed by atoms with Gasteiger partial charge in [-0.2, -0.15) is 0 Å². The van der Waals surface area contributed by atoms with E-state index in [0.29, 0.717) is 27.8 Å². The molecule has 0 fully saturated rings. The second-order valence-corrected chi connectivity index (χ2v) is 8.24. The summed E-state index contributed by atoms with van der Waals surface area (Å²) in [6, 6.07) is 15.2. The Morgan fingerprint density at radius 2 is 1.82 bits per heavy atom. The van der Waals surface area contributed by atoms with E-state index in [2.05, 4.69) is 26.9 Å². The minimum Gasteiger partial charge on any atom is -0.356 e. The summed E-state index contributed by atoms with van der Waals surface area (Å²) in [7, 11) is 0. The lowest BCUT2D eigenvalue weighted by Crippen LogP contribution is -2.23. The first-order valence-corrected chi connectivity index (χ1v) is 10.9. The van der Waals surface area contributed by atoms with Crippen LogP contribution >= 0.6 is 0 Å². The first-order chi connectivity index (χ1) is 16.2. The second-order valence-electron chi connectivity index (χ2n) is 8.24. The van der Waals surface area contributed by atoms with Gasteiger partial charge in [0.15, 0.2) is 5.58 Å². The van der Waals surface area contributed by atoms with E-state index in [4.69, 9.17) is 4.52 Å². The van der Waals surface area contributed by atoms with Crippen LogP contribution in [-0.2, 0) is 16.1 Å². The maximum absolute atomic E-state index is 13.0. The number of fused-ring (bicyclic) bond motifs is 2. The molecule has 7 heteroatoms. The van der Waals surface area contributed by atoms with Crippen molar-refractivity contribution >= 4 is 33.9 Å². The van der Waals surface area contributed by atoms with Crippen molar-refractivity contribution in [2.75, 3.05) is 0 Å². The minimum atomic E-state index is -0.469. The molecule has 4 aromatic rings. The topological polar surface area (TPSA) is 90.0 Å². The van der Waals surface area contributed by atoms with Gasteiger partial charge in [-0.05, 0) is 35.3 Å². The highest BCUT2D eigenvalue weighted by Crippen LogP contribution is 2.45. The van der Waals surface area contributed by atoms with Gasteiger partial charge in [0.1, 0.15) is 5.69 Å². The summed E-state index contributed by atoms with van der Waals surface area (Å²) in [6.45, 7) is 3.02. The minimum absolute atomic E-state index is 0.111. The van der Waals surface area contributed by atoms with Crippen LogP contribution in [0.2, 0.25) is 0 Å². The fraction of sp³-hybridized carbons (Fsp3) is 0.154. The fourth-order valence-electron chi connectivity index (χ4n) is 4.75. The van der Waals surface area contributed by atoms with E-state index in [9.17, 15) is 9.59 Å². The van der Waals surface area contributed by atoms with Gasteiger partial charge in [0, 0.05) is 24.0 Å². The fourth-order valence-corrected chi connectivity index (χ4v) is 4.75. The molecule has 0 saturated carbocycles. The molecule has 2 aromatic carbocycles. The van der Waals surface area contributed by atoms with Crippen molar-refractivity contribution in [3.05, 3.63) is 95.2 Å². The number of nitrogens with one attached hydrogen (secondary N) is 1. The first-order valence-electron chi connectivity index (χ1n) is 10.9. The second kappa shape index (κ2) is 7.41. The Hall–Kier alpha value is -4.26. The summed E-state index contributed by atoms with van der Waals surface area (Å²) >= 11 is 0. The average Bonchev–Trinajstić information content (AvgIpc) is 3.58. The number of imide groups is 1. The maximum atomic E-state index is 13.0. The maximum Gasteiger partial charge on any atom is 0.261 e. The van der Waals surface area contributed by atoms with Gasteiger partial charge in [0.2, 0.25) is 0 Å². The molecule has 0 spiro atoms. The molecule has 1 aliphatic heterocycles. The molecule has 6 rings (SSSR count). The Balaban J connectivity index is 1.55. The molecule has 2 aliphatic rings. The standard InChI is InChI=1S/C26H20N4O3/c1-2-11-30-13-20(27-14-30)18-12-19(16-8-4-3-7-15(16)18)22-23(26(32)28-25(22)31)24-17-9-5-6-10-21(17)33-29-24/h3-10,12-14,18H,2,11H2,1H3,(H,28,31,32). The average molecular weight is 436 g/mol. The third kappa shape index (κ3) is 2.96. The number of rotatable bonds is 5. The molecule has 1 atom stereocenters. The predicted octanol–water partition coefficient (Wildman–Crippen LogP) is 4.07. The molecule has 2 aromatic heterocycles. The predicted molar refractivity (Wildman–Crippen MR) is 123 cm³/mol. The van der Waals surface area contributed by atoms with E-state index in [0.717, 1.165) is 29.8 Å². The SMILES string of the molecule is CCCn1cnc(C2C=C(C3=C(c4noc5ccccc45)C(=O)NC3=O)c3ccccc32)c1. The summed E-state index contributed by atoms with van der Waals surface area (Å²) in [5.41, 5.74) is 5.08. The van der Waals surface area contributed by atoms with E-state index in [-0.39, 0.29) is 11.5 Å². The number of nitrogens with zero attached hydrogens (tertiary/aromatic N) is 3. The van der Waals surface area contributed by atoms with Gasteiger partial charge < -0.3 is 9.09 Å². The molecule has 2 amide bonds. The lowest BCUT2D eigenvalue weighted by atomic mass is 9.93. The van der Waals surface area contributed by atoms with Gasteiger partial charge >= 0.3 is 0 Å². The highest BCUT2D eigenvalue weighted by molar-refractivity contribution is 6.41. The number of allylic oxidation sites excluding steroid dienone is 1. The van der Waals surface area contributed by atoms with Crippen LogP contribution < -0.4 is 5.32 Å². The summed E-state index contributed by atoms with van der Waals surface area (Å²) in [5.74, 6) is -1.01. The highest BCUT2D eigenvalue weighted by Gasteiger charge is 2.39. The number of carbonyl (C=O) groups excluding carboxylic acids is 2. The van der Waals surface area contributed by atoms with E-state index in [1.807, 2.05) is 61.1 Å². The zero-order valence-electron chi connectivity index (χ0n) is 17.9. The Kier molecular flexibility index (Phi) is 4.36. The van der Waals surface area contributed by atoms with E-state index in [1.165, 1.54) is 0 Å². The monoisotopic (exact) mass is 436 g/mol. The summed E-state index contributed by atoms with van der Waals surface area (Å²) in [6.07, 6.45) is 6.93. The van der Waals surface area contributed by atoms with Crippen LogP contribution in [0, 0.1) is 0 Å². The number of benzene rings is 2. The first kappa shape index (κ1) is 19.4. The zero-order valence-corrected chi connectivity index (χ0v) is 17.9. The molecule has 7 nitrogen and oxygen atoms in total. The van der Waals surface area contributed by atoms with Crippen molar-refractivity contribution < 1.29 is 14.1 Å². The summed E-state index contributed by atoms with van der Waals surface area (Å²) in [4.78, 5) is 30.6. The molecular formula is C26H20N4O3. The third-order valence-electron chi connectivity index (χ3n) is 6.19. The van der Waals surface area contributed by atoms with Gasteiger partial charge in [-0.1, -0.05) is 54.6 Å². The molecule has 162 valence electrons. The third-order valence-corrected chi connectivity index (χ3v) is 6.19. The van der Waals surface area contributed by atoms with Crippen LogP contribution in [0.5, 0.6) is 0 Å². The lowest BCUT2D eigenvalue weighted by Gasteiger charge is -2.08. The molecule has 1 unspecified atom stereocenters. The van der Waals surface area contributed by atoms with Crippen LogP contribution in [0.15, 0.2) is 77.2 Å². The Bertz CT molecular complexity index is 1500. The molecule has 1 N–H and O–H groups in total. The highest BCUT2D eigenvalue weighted by atomic mass is 16.5. The van der Waals surface area contributed by atoms with E-state index in [1.54, 1.807) is 6.07 Å². The Labute approximate surface area is 189 Å². The Morgan fingerprint density at radius 3 is 2.70 bits per heavy atom. The van der Waals surface area contributed by atoms with Crippen molar-refractivity contribution in [1.29, 1.82) is 0 Å². The number of amides is 2. The van der Waals surface area contributed by atoms with Crippen LogP contribution in [-0.4, -0.2) is 26.5 Å². The quantitative estimate of drug-likeness (QED) is 0.476. The van der Waals surface area contributed by atoms with Crippen molar-refractivity contribution in [3.63, 3.8) is 0 Å². The normalized spacial score (nSPS) is 17.6. The van der Waals surface area contributed by atoms with Crippen LogP contribution in [0.3, 0.4) is 0 Å². The van der Waals surface area contributed by atoms with Crippen LogP contribution in [0.25, 0.3) is 22.1 Å². The molecule has 3 heterocycles. The smallest absolute Gasteiger partial charge is 0.261 e. The van der Waals surface area contributed by atoms with E-state index < -0.39 is 11.8 Å². The number of aryl methyl sites for hydroxylation is 1. The van der Waals surface area contributed by atoms with Gasteiger partial charge in [-0.25, -0.2) is 4.98 Å². The van der Waals surface area contributed by atoms with Crippen LogP contribution in [0.4, 0.5) is 0 Å². The van der Waals surface area contributed by atoms with Gasteiger partial charge in [-0.3, -0.25) is 14.9 Å². The lowest BCUT2D eigenvalue weighted by molar-refractivity contribution is -0.123. The largest absolute Gasteiger partial charge is 0.356 e. The molecule has 0 saturated heterocycles. The number of imidazole rings is 1. The number of para-hydroxylation sites is 1.